The van der Waals surface area contributed by atoms with Crippen LogP contribution < -0.4 is 20.7 Å². The van der Waals surface area contributed by atoms with Gasteiger partial charge in [0.25, 0.3) is 5.91 Å². The molecule has 0 saturated heterocycles. The lowest BCUT2D eigenvalue weighted by Crippen LogP contribution is -2.41. The fourth-order valence-electron chi connectivity index (χ4n) is 2.72. The number of guanidine groups is 1. The molecule has 0 saturated carbocycles. The lowest BCUT2D eigenvalue weighted by molar-refractivity contribution is 0.0963. The van der Waals surface area contributed by atoms with Crippen molar-refractivity contribution < 1.29 is 13.2 Å². The highest BCUT2D eigenvalue weighted by atomic mass is 127. The van der Waals surface area contributed by atoms with Gasteiger partial charge in [-0.1, -0.05) is 42.5 Å². The molecule has 0 aliphatic carbocycles. The molecule has 0 unspecified atom stereocenters. The molecule has 8 nitrogen and oxygen atoms in total. The summed E-state index contributed by atoms with van der Waals surface area (Å²) < 4.78 is 26.9. The summed E-state index contributed by atoms with van der Waals surface area (Å²) >= 11 is 0. The maximum Gasteiger partial charge on any atom is 0.251 e. The summed E-state index contributed by atoms with van der Waals surface area (Å²) in [4.78, 5) is 15.8. The number of amides is 1. The largest absolute Gasteiger partial charge is 0.356 e. The number of aliphatic imine (C=N–C) groups is 1. The molecule has 2 rings (SSSR count). The second-order valence-electron chi connectivity index (χ2n) is 6.58. The Hall–Kier alpha value is -2.18. The molecule has 10 heteroatoms. The van der Waals surface area contributed by atoms with E-state index in [-0.39, 0.29) is 48.7 Å². The Balaban J connectivity index is 0.00000480. The first kappa shape index (κ1) is 26.9. The van der Waals surface area contributed by atoms with Crippen LogP contribution >= 0.6 is 24.0 Å². The van der Waals surface area contributed by atoms with Crippen LogP contribution in [-0.2, 0) is 23.0 Å². The molecule has 31 heavy (non-hydrogen) atoms. The van der Waals surface area contributed by atoms with Gasteiger partial charge in [-0.15, -0.1) is 24.0 Å². The Bertz CT molecular complexity index is 952. The quantitative estimate of drug-likeness (QED) is 0.200. The first-order valence-electron chi connectivity index (χ1n) is 9.70. The number of carbonyl (C=O) groups excluding carboxylic acids is 1. The van der Waals surface area contributed by atoms with E-state index in [9.17, 15) is 13.2 Å². The Labute approximate surface area is 201 Å². The van der Waals surface area contributed by atoms with Crippen LogP contribution in [0.4, 0.5) is 0 Å². The summed E-state index contributed by atoms with van der Waals surface area (Å²) in [6.07, 6.45) is 0.697. The fraction of sp³-hybridized carbons (Fsp3) is 0.333. The highest BCUT2D eigenvalue weighted by Crippen LogP contribution is 2.05. The first-order chi connectivity index (χ1) is 14.4. The number of carbonyl (C=O) groups is 1. The van der Waals surface area contributed by atoms with Gasteiger partial charge in [0.05, 0.1) is 5.75 Å². The standard InChI is InChI=1S/C21H29N5O3S.HI/c1-22-20(27)19-10-6-9-17(15-19)11-12-24-21(23-2)25-13-14-30(28,29)26-16-18-7-4-3-5-8-18;/h3-10,15,26H,11-14,16H2,1-2H3,(H,22,27)(H2,23,24,25);1H. The zero-order valence-corrected chi connectivity index (χ0v) is 20.9. The molecule has 0 spiro atoms. The number of nitrogens with one attached hydrogen (secondary N) is 4. The average molecular weight is 559 g/mol. The summed E-state index contributed by atoms with van der Waals surface area (Å²) in [5.74, 6) is 0.342. The zero-order chi connectivity index (χ0) is 21.8. The Kier molecular flexibility index (Phi) is 12.1. The van der Waals surface area contributed by atoms with Gasteiger partial charge in [0.1, 0.15) is 0 Å². The van der Waals surface area contributed by atoms with Crippen LogP contribution in [0.1, 0.15) is 21.5 Å². The van der Waals surface area contributed by atoms with Gasteiger partial charge < -0.3 is 16.0 Å². The van der Waals surface area contributed by atoms with E-state index in [1.807, 2.05) is 48.5 Å². The molecule has 0 aromatic heterocycles. The van der Waals surface area contributed by atoms with Crippen molar-refractivity contribution in [2.24, 2.45) is 4.99 Å². The van der Waals surface area contributed by atoms with Crippen LogP contribution in [0.15, 0.2) is 59.6 Å². The molecule has 0 aliphatic rings. The first-order valence-corrected chi connectivity index (χ1v) is 11.4. The number of benzene rings is 2. The van der Waals surface area contributed by atoms with Crippen LogP contribution in [0.2, 0.25) is 0 Å². The number of hydrogen-bond donors (Lipinski definition) is 4. The van der Waals surface area contributed by atoms with Gasteiger partial charge in [-0.25, -0.2) is 13.1 Å². The molecule has 0 fully saturated rings. The van der Waals surface area contributed by atoms with E-state index in [4.69, 9.17) is 0 Å². The number of halogens is 1. The SMILES string of the molecule is CN=C(NCCc1cccc(C(=O)NC)c1)NCCS(=O)(=O)NCc1ccccc1.I. The van der Waals surface area contributed by atoms with Crippen molar-refractivity contribution in [2.75, 3.05) is 32.9 Å². The Morgan fingerprint density at radius 3 is 2.32 bits per heavy atom. The maximum absolute atomic E-state index is 12.1. The monoisotopic (exact) mass is 559 g/mol. The number of sulfonamides is 1. The fourth-order valence-corrected chi connectivity index (χ4v) is 3.63. The summed E-state index contributed by atoms with van der Waals surface area (Å²) in [6.45, 7) is 1.09. The van der Waals surface area contributed by atoms with Crippen molar-refractivity contribution in [3.63, 3.8) is 0 Å². The van der Waals surface area contributed by atoms with Crippen molar-refractivity contribution in [3.05, 3.63) is 71.3 Å². The smallest absolute Gasteiger partial charge is 0.251 e. The van der Waals surface area contributed by atoms with Crippen LogP contribution in [-0.4, -0.2) is 53.2 Å². The molecule has 0 heterocycles. The lowest BCUT2D eigenvalue weighted by atomic mass is 10.1. The van der Waals surface area contributed by atoms with Crippen molar-refractivity contribution >= 4 is 45.9 Å². The predicted molar refractivity (Wildman–Crippen MR) is 135 cm³/mol. The van der Waals surface area contributed by atoms with Gasteiger partial charge in [0.15, 0.2) is 5.96 Å². The maximum atomic E-state index is 12.1. The van der Waals surface area contributed by atoms with Crippen molar-refractivity contribution in [3.8, 4) is 0 Å². The number of hydrogen-bond acceptors (Lipinski definition) is 4. The molecular weight excluding hydrogens is 529 g/mol. The molecule has 0 radical (unpaired) electrons. The molecular formula is C21H30IN5O3S. The van der Waals surface area contributed by atoms with Crippen molar-refractivity contribution in [1.29, 1.82) is 0 Å². The highest BCUT2D eigenvalue weighted by Gasteiger charge is 2.10. The molecule has 2 aromatic carbocycles. The van der Waals surface area contributed by atoms with E-state index in [1.165, 1.54) is 0 Å². The van der Waals surface area contributed by atoms with Crippen LogP contribution in [0, 0.1) is 0 Å². The molecule has 1 amide bonds. The van der Waals surface area contributed by atoms with E-state index < -0.39 is 10.0 Å². The topological polar surface area (TPSA) is 112 Å². The third-order valence-electron chi connectivity index (χ3n) is 4.35. The average Bonchev–Trinajstić information content (AvgIpc) is 2.77. The van der Waals surface area contributed by atoms with E-state index in [1.54, 1.807) is 20.2 Å². The molecule has 0 atom stereocenters. The summed E-state index contributed by atoms with van der Waals surface area (Å²) in [5.41, 5.74) is 2.55. The highest BCUT2D eigenvalue weighted by molar-refractivity contribution is 14.0. The van der Waals surface area contributed by atoms with E-state index in [0.717, 1.165) is 11.1 Å². The minimum Gasteiger partial charge on any atom is -0.356 e. The van der Waals surface area contributed by atoms with Crippen molar-refractivity contribution in [1.82, 2.24) is 20.7 Å². The van der Waals surface area contributed by atoms with Gasteiger partial charge in [-0.05, 0) is 29.7 Å². The van der Waals surface area contributed by atoms with Crippen LogP contribution in [0.3, 0.4) is 0 Å². The Morgan fingerprint density at radius 2 is 1.65 bits per heavy atom. The Morgan fingerprint density at radius 1 is 0.968 bits per heavy atom. The predicted octanol–water partition coefficient (Wildman–Crippen LogP) is 1.49. The van der Waals surface area contributed by atoms with Gasteiger partial charge >= 0.3 is 0 Å². The second-order valence-corrected chi connectivity index (χ2v) is 8.51. The number of nitrogens with zero attached hydrogens (tertiary/aromatic N) is 1. The molecule has 2 aromatic rings. The molecule has 0 aliphatic heterocycles. The second kappa shape index (κ2) is 14.0. The van der Waals surface area contributed by atoms with Crippen LogP contribution in [0.25, 0.3) is 0 Å². The summed E-state index contributed by atoms with van der Waals surface area (Å²) in [6, 6.07) is 16.8. The molecule has 170 valence electrons. The third kappa shape index (κ3) is 10.1. The third-order valence-corrected chi connectivity index (χ3v) is 5.67. The summed E-state index contributed by atoms with van der Waals surface area (Å²) in [7, 11) is -0.166. The van der Waals surface area contributed by atoms with Gasteiger partial charge in [-0.2, -0.15) is 0 Å². The van der Waals surface area contributed by atoms with Gasteiger partial charge in [0.2, 0.25) is 10.0 Å². The minimum atomic E-state index is -3.40. The zero-order valence-electron chi connectivity index (χ0n) is 17.7. The lowest BCUT2D eigenvalue weighted by Gasteiger charge is -2.13. The number of rotatable bonds is 10. The van der Waals surface area contributed by atoms with E-state index in [2.05, 4.69) is 25.7 Å². The molecule has 4 N–H and O–H groups in total. The normalized spacial score (nSPS) is 11.4. The van der Waals surface area contributed by atoms with Gasteiger partial charge in [0, 0.05) is 39.3 Å². The van der Waals surface area contributed by atoms with Crippen molar-refractivity contribution in [2.45, 2.75) is 13.0 Å². The van der Waals surface area contributed by atoms with E-state index in [0.29, 0.717) is 24.5 Å². The van der Waals surface area contributed by atoms with Crippen LogP contribution in [0.5, 0.6) is 0 Å². The van der Waals surface area contributed by atoms with Gasteiger partial charge in [-0.3, -0.25) is 9.79 Å². The minimum absolute atomic E-state index is 0. The molecule has 0 bridgehead atoms. The summed E-state index contributed by atoms with van der Waals surface area (Å²) in [5, 5.41) is 8.76. The van der Waals surface area contributed by atoms with E-state index >= 15 is 0 Å².